The summed E-state index contributed by atoms with van der Waals surface area (Å²) in [6.45, 7) is 9.38. The maximum absolute atomic E-state index is 13.3. The molecule has 6 heteroatoms. The standard InChI is InChI=1S/C25H36ClO5/c1-14-5-9-21(22-13-30-15(2)6-10-20(14)22)16(3)24(27)17(4)31-12-19-8-7-18(25(28)29)11-23(19)26/h7-8,11,14-17,20-22,24H,5-6,9-10,12-13H2,1-4H3,(H,28,29)/q-1/t14-,15?,16-,17-,20+,21+,22?,24+/m1/s1. The lowest BCUT2D eigenvalue weighted by atomic mass is 9.62. The summed E-state index contributed by atoms with van der Waals surface area (Å²) in [4.78, 5) is 11.1. The fourth-order valence-electron chi connectivity index (χ4n) is 5.59. The first kappa shape index (κ1) is 24.5. The number of rotatable bonds is 7. The van der Waals surface area contributed by atoms with Crippen LogP contribution < -0.4 is 5.11 Å². The predicted octanol–water partition coefficient (Wildman–Crippen LogP) is 4.79. The van der Waals surface area contributed by atoms with Crippen molar-refractivity contribution >= 4 is 17.6 Å². The van der Waals surface area contributed by atoms with Crippen molar-refractivity contribution in [1.29, 1.82) is 0 Å². The van der Waals surface area contributed by atoms with Crippen LogP contribution in [0.4, 0.5) is 0 Å². The third kappa shape index (κ3) is 5.81. The molecule has 31 heavy (non-hydrogen) atoms. The monoisotopic (exact) mass is 451 g/mol. The van der Waals surface area contributed by atoms with Crippen molar-refractivity contribution in [3.63, 3.8) is 0 Å². The van der Waals surface area contributed by atoms with Crippen LogP contribution in [0.25, 0.3) is 0 Å². The fraction of sp³-hybridized carbons (Fsp3) is 0.720. The number of aromatic carboxylic acids is 1. The van der Waals surface area contributed by atoms with E-state index in [0.717, 1.165) is 19.4 Å². The van der Waals surface area contributed by atoms with E-state index < -0.39 is 18.2 Å². The van der Waals surface area contributed by atoms with Crippen molar-refractivity contribution in [2.24, 2.45) is 29.6 Å². The highest BCUT2D eigenvalue weighted by atomic mass is 35.5. The Morgan fingerprint density at radius 3 is 2.65 bits per heavy atom. The minimum atomic E-state index is -1.02. The molecule has 8 atom stereocenters. The van der Waals surface area contributed by atoms with Crippen LogP contribution >= 0.6 is 11.6 Å². The smallest absolute Gasteiger partial charge is 0.335 e. The second-order valence-electron chi connectivity index (χ2n) is 9.72. The van der Waals surface area contributed by atoms with Gasteiger partial charge in [-0.1, -0.05) is 50.0 Å². The Kier molecular flexibility index (Phi) is 8.42. The molecule has 1 aromatic rings. The van der Waals surface area contributed by atoms with Crippen molar-refractivity contribution in [2.75, 3.05) is 6.61 Å². The van der Waals surface area contributed by atoms with Crippen LogP contribution in [-0.4, -0.2) is 36.0 Å². The van der Waals surface area contributed by atoms with Gasteiger partial charge in [0, 0.05) is 11.1 Å². The van der Waals surface area contributed by atoms with Gasteiger partial charge >= 0.3 is 5.97 Å². The van der Waals surface area contributed by atoms with Crippen molar-refractivity contribution in [3.8, 4) is 0 Å². The van der Waals surface area contributed by atoms with Crippen LogP contribution in [0.3, 0.4) is 0 Å². The number of halogens is 1. The average Bonchev–Trinajstić information content (AvgIpc) is 2.94. The van der Waals surface area contributed by atoms with Gasteiger partial charge in [-0.05, 0) is 74.5 Å². The second-order valence-corrected chi connectivity index (χ2v) is 10.1. The zero-order valence-corrected chi connectivity index (χ0v) is 19.8. The molecule has 1 heterocycles. The van der Waals surface area contributed by atoms with E-state index in [-0.39, 0.29) is 18.1 Å². The number of ether oxygens (including phenoxy) is 2. The molecular weight excluding hydrogens is 416 g/mol. The Balaban J connectivity index is 1.62. The van der Waals surface area contributed by atoms with Gasteiger partial charge < -0.3 is 19.7 Å². The first-order valence-corrected chi connectivity index (χ1v) is 12.0. The molecule has 174 valence electrons. The van der Waals surface area contributed by atoms with E-state index in [4.69, 9.17) is 26.2 Å². The molecular formula is C25H36ClO5-. The quantitative estimate of drug-likeness (QED) is 0.645. The largest absolute Gasteiger partial charge is 0.850 e. The van der Waals surface area contributed by atoms with Crippen LogP contribution in [0, 0.1) is 29.6 Å². The number of benzene rings is 1. The topological polar surface area (TPSA) is 78.8 Å². The van der Waals surface area contributed by atoms with Crippen molar-refractivity contribution in [2.45, 2.75) is 78.3 Å². The summed E-state index contributed by atoms with van der Waals surface area (Å²) in [5.74, 6) is 1.12. The first-order valence-electron chi connectivity index (χ1n) is 11.6. The molecule has 2 aliphatic rings. The van der Waals surface area contributed by atoms with E-state index in [0.29, 0.717) is 40.4 Å². The Hall–Kier alpha value is -1.14. The van der Waals surface area contributed by atoms with Crippen molar-refractivity contribution in [3.05, 3.63) is 34.3 Å². The summed E-state index contributed by atoms with van der Waals surface area (Å²) >= 11 is 6.20. The van der Waals surface area contributed by atoms with E-state index in [1.54, 1.807) is 6.07 Å². The van der Waals surface area contributed by atoms with Crippen LogP contribution in [0.5, 0.6) is 0 Å². The molecule has 0 bridgehead atoms. The second kappa shape index (κ2) is 10.7. The molecule has 1 saturated heterocycles. The Morgan fingerprint density at radius 2 is 1.97 bits per heavy atom. The summed E-state index contributed by atoms with van der Waals surface area (Å²) in [6, 6.07) is 4.57. The van der Waals surface area contributed by atoms with Gasteiger partial charge in [0.05, 0.1) is 24.9 Å². The Bertz CT molecular complexity index is 753. The number of hydrogen-bond donors (Lipinski definition) is 1. The molecule has 1 aliphatic heterocycles. The molecule has 0 amide bonds. The number of carboxylic acid groups (broad SMARTS) is 1. The van der Waals surface area contributed by atoms with Gasteiger partial charge in [-0.15, -0.1) is 0 Å². The van der Waals surface area contributed by atoms with E-state index >= 15 is 0 Å². The molecule has 0 spiro atoms. The van der Waals surface area contributed by atoms with Gasteiger partial charge in [0.25, 0.3) is 0 Å². The minimum absolute atomic E-state index is 0.00290. The molecule has 1 aliphatic carbocycles. The van der Waals surface area contributed by atoms with Crippen molar-refractivity contribution in [1.82, 2.24) is 0 Å². The molecule has 0 aromatic heterocycles. The zero-order valence-electron chi connectivity index (χ0n) is 19.1. The minimum Gasteiger partial charge on any atom is -0.850 e. The van der Waals surface area contributed by atoms with E-state index in [2.05, 4.69) is 20.8 Å². The van der Waals surface area contributed by atoms with Crippen LogP contribution in [0.1, 0.15) is 69.3 Å². The lowest BCUT2D eigenvalue weighted by molar-refractivity contribution is -0.455. The first-order chi connectivity index (χ1) is 14.7. The molecule has 3 rings (SSSR count). The lowest BCUT2D eigenvalue weighted by Crippen LogP contribution is -2.50. The average molecular weight is 452 g/mol. The molecule has 1 aromatic carbocycles. The lowest BCUT2D eigenvalue weighted by Gasteiger charge is -2.48. The molecule has 2 fully saturated rings. The van der Waals surface area contributed by atoms with Crippen LogP contribution in [0.15, 0.2) is 18.2 Å². The SMILES string of the molecule is CC1CC[C@@H]2C(CO1)[C@H]([C@@H](C)[C@H]([O-])[C@@H](C)OCc1ccc(C(=O)O)cc1Cl)CC[C@H]2C. The highest BCUT2D eigenvalue weighted by molar-refractivity contribution is 6.31. The van der Waals surface area contributed by atoms with E-state index in [1.165, 1.54) is 25.0 Å². The van der Waals surface area contributed by atoms with Crippen molar-refractivity contribution < 1.29 is 24.5 Å². The van der Waals surface area contributed by atoms with Gasteiger partial charge in [0.1, 0.15) is 0 Å². The maximum Gasteiger partial charge on any atom is 0.335 e. The predicted molar refractivity (Wildman–Crippen MR) is 119 cm³/mol. The molecule has 0 radical (unpaired) electrons. The van der Waals surface area contributed by atoms with Crippen LogP contribution in [-0.2, 0) is 16.1 Å². The highest BCUT2D eigenvalue weighted by Crippen LogP contribution is 2.46. The van der Waals surface area contributed by atoms with Crippen LogP contribution in [0.2, 0.25) is 5.02 Å². The highest BCUT2D eigenvalue weighted by Gasteiger charge is 2.42. The Morgan fingerprint density at radius 1 is 1.23 bits per heavy atom. The molecule has 5 nitrogen and oxygen atoms in total. The summed E-state index contributed by atoms with van der Waals surface area (Å²) in [5, 5.41) is 22.7. The third-order valence-electron chi connectivity index (χ3n) is 7.72. The van der Waals surface area contributed by atoms with Gasteiger partial charge in [-0.2, -0.15) is 0 Å². The molecule has 1 saturated carbocycles. The summed E-state index contributed by atoms with van der Waals surface area (Å²) in [6.07, 6.45) is 3.56. The summed E-state index contributed by atoms with van der Waals surface area (Å²) in [7, 11) is 0. The van der Waals surface area contributed by atoms with E-state index in [1.807, 2.05) is 6.92 Å². The molecule has 2 unspecified atom stereocenters. The van der Waals surface area contributed by atoms with Gasteiger partial charge in [0.15, 0.2) is 0 Å². The Labute approximate surface area is 191 Å². The number of hydrogen-bond acceptors (Lipinski definition) is 4. The maximum atomic E-state index is 13.3. The summed E-state index contributed by atoms with van der Waals surface area (Å²) < 4.78 is 12.0. The normalized spacial score (nSPS) is 31.9. The number of carbonyl (C=O) groups is 1. The fourth-order valence-corrected chi connectivity index (χ4v) is 5.83. The molecule has 1 N–H and O–H groups in total. The van der Waals surface area contributed by atoms with Gasteiger partial charge in [-0.3, -0.25) is 0 Å². The van der Waals surface area contributed by atoms with Gasteiger partial charge in [0.2, 0.25) is 0 Å². The zero-order chi connectivity index (χ0) is 22.7. The van der Waals surface area contributed by atoms with Gasteiger partial charge in [-0.25, -0.2) is 4.79 Å². The third-order valence-corrected chi connectivity index (χ3v) is 8.08. The summed E-state index contributed by atoms with van der Waals surface area (Å²) in [5.41, 5.74) is 0.828. The van der Waals surface area contributed by atoms with E-state index in [9.17, 15) is 9.90 Å². The number of fused-ring (bicyclic) bond motifs is 1. The number of carboxylic acids is 1.